The molecule has 4 aromatic rings. The summed E-state index contributed by atoms with van der Waals surface area (Å²) >= 11 is 0. The molecule has 1 aromatic heterocycles. The first-order valence-electron chi connectivity index (χ1n) is 11.2. The first-order chi connectivity index (χ1) is 17.0. The number of aromatic nitrogens is 3. The van der Waals surface area contributed by atoms with Gasteiger partial charge in [0.2, 0.25) is 11.8 Å². The number of carbonyl (C=O) groups is 2. The van der Waals surface area contributed by atoms with Crippen molar-refractivity contribution in [2.45, 2.75) is 19.5 Å². The normalized spacial score (nSPS) is 11.9. The summed E-state index contributed by atoms with van der Waals surface area (Å²) < 4.78 is 21.5. The number of fused-ring (bicyclic) bond motifs is 1. The Morgan fingerprint density at radius 1 is 1.09 bits per heavy atom. The van der Waals surface area contributed by atoms with Crippen molar-refractivity contribution in [3.8, 4) is 0 Å². The highest BCUT2D eigenvalue weighted by Crippen LogP contribution is 2.30. The van der Waals surface area contributed by atoms with Crippen LogP contribution >= 0.6 is 0 Å². The van der Waals surface area contributed by atoms with Gasteiger partial charge < -0.3 is 10.1 Å². The van der Waals surface area contributed by atoms with Crippen molar-refractivity contribution in [2.24, 2.45) is 0 Å². The molecule has 0 spiro atoms. The van der Waals surface area contributed by atoms with Crippen molar-refractivity contribution in [1.29, 1.82) is 0 Å². The first kappa shape index (κ1) is 24.0. The third-order valence-electron chi connectivity index (χ3n) is 5.57. The first-order valence-corrected chi connectivity index (χ1v) is 11.2. The van der Waals surface area contributed by atoms with Crippen LogP contribution in [0.4, 0.5) is 10.1 Å². The molecule has 1 atom stereocenters. The van der Waals surface area contributed by atoms with Crippen molar-refractivity contribution < 1.29 is 18.7 Å². The molecule has 1 N–H and O–H groups in total. The van der Waals surface area contributed by atoms with Crippen molar-refractivity contribution in [1.82, 2.24) is 20.3 Å². The molecule has 35 heavy (non-hydrogen) atoms. The van der Waals surface area contributed by atoms with Gasteiger partial charge in [-0.05, 0) is 42.8 Å². The average molecular weight is 476 g/mol. The second-order valence-electron chi connectivity index (χ2n) is 8.05. The van der Waals surface area contributed by atoms with Gasteiger partial charge >= 0.3 is 0 Å². The van der Waals surface area contributed by atoms with Gasteiger partial charge in [-0.15, -0.1) is 5.10 Å². The maximum atomic E-state index is 15.0. The summed E-state index contributed by atoms with van der Waals surface area (Å²) in [5, 5.41) is 11.0. The van der Waals surface area contributed by atoms with Crippen LogP contribution in [0.25, 0.3) is 11.0 Å². The van der Waals surface area contributed by atoms with Gasteiger partial charge in [-0.3, -0.25) is 14.5 Å². The lowest BCUT2D eigenvalue weighted by molar-refractivity contribution is -0.127. The molecule has 0 bridgehead atoms. The fourth-order valence-electron chi connectivity index (χ4n) is 3.92. The Hall–Kier alpha value is -4.11. The van der Waals surface area contributed by atoms with Crippen molar-refractivity contribution in [3.05, 3.63) is 89.7 Å². The van der Waals surface area contributed by atoms with Crippen LogP contribution in [-0.2, 0) is 20.9 Å². The minimum absolute atomic E-state index is 0.0840. The highest BCUT2D eigenvalue weighted by Gasteiger charge is 2.34. The van der Waals surface area contributed by atoms with Gasteiger partial charge in [-0.25, -0.2) is 9.07 Å². The summed E-state index contributed by atoms with van der Waals surface area (Å²) in [5.74, 6) is -1.55. The Balaban J connectivity index is 1.79. The average Bonchev–Trinajstić information content (AvgIpc) is 3.26. The lowest BCUT2D eigenvalue weighted by Gasteiger charge is -2.32. The quantitative estimate of drug-likeness (QED) is 0.375. The van der Waals surface area contributed by atoms with Crippen LogP contribution in [0, 0.1) is 12.7 Å². The van der Waals surface area contributed by atoms with E-state index in [1.807, 2.05) is 31.2 Å². The Morgan fingerprint density at radius 3 is 2.63 bits per heavy atom. The topological polar surface area (TPSA) is 89.4 Å². The van der Waals surface area contributed by atoms with Crippen molar-refractivity contribution in [2.75, 3.05) is 25.2 Å². The summed E-state index contributed by atoms with van der Waals surface area (Å²) in [6.07, 6.45) is 0. The molecule has 3 aromatic carbocycles. The zero-order valence-corrected chi connectivity index (χ0v) is 19.5. The maximum absolute atomic E-state index is 15.0. The lowest BCUT2D eigenvalue weighted by Crippen LogP contribution is -2.46. The molecule has 180 valence electrons. The number of rotatable bonds is 9. The summed E-state index contributed by atoms with van der Waals surface area (Å²) in [5.41, 5.74) is 2.76. The fraction of sp³-hybridized carbons (Fsp3) is 0.231. The number of halogens is 1. The van der Waals surface area contributed by atoms with Crippen LogP contribution in [0.3, 0.4) is 0 Å². The molecule has 4 rings (SSSR count). The second kappa shape index (κ2) is 10.9. The molecule has 2 amide bonds. The van der Waals surface area contributed by atoms with Crippen LogP contribution < -0.4 is 10.2 Å². The van der Waals surface area contributed by atoms with Crippen molar-refractivity contribution >= 4 is 28.5 Å². The van der Waals surface area contributed by atoms with Gasteiger partial charge in [0.05, 0.1) is 12.1 Å². The molecular weight excluding hydrogens is 449 g/mol. The number of nitrogens with zero attached hydrogens (tertiary/aromatic N) is 4. The van der Waals surface area contributed by atoms with E-state index < -0.39 is 23.7 Å². The number of nitrogens with one attached hydrogen (secondary N) is 1. The van der Waals surface area contributed by atoms with Crippen LogP contribution in [0.1, 0.15) is 17.2 Å². The predicted octanol–water partition coefficient (Wildman–Crippen LogP) is 3.42. The molecule has 0 fully saturated rings. The number of hydrogen-bond donors (Lipinski definition) is 1. The molecule has 9 heteroatoms. The van der Waals surface area contributed by atoms with E-state index in [2.05, 4.69) is 15.6 Å². The minimum Gasteiger partial charge on any atom is -0.383 e. The van der Waals surface area contributed by atoms with E-state index in [0.29, 0.717) is 16.7 Å². The van der Waals surface area contributed by atoms with Gasteiger partial charge in [-0.2, -0.15) is 0 Å². The number of aryl methyl sites for hydroxylation is 1. The summed E-state index contributed by atoms with van der Waals surface area (Å²) in [4.78, 5) is 28.6. The molecule has 0 radical (unpaired) electrons. The zero-order valence-electron chi connectivity index (χ0n) is 19.5. The van der Waals surface area contributed by atoms with E-state index in [0.717, 1.165) is 5.56 Å². The number of ether oxygens (including phenoxy) is 1. The van der Waals surface area contributed by atoms with E-state index >= 15 is 4.39 Å². The molecule has 0 saturated carbocycles. The third-order valence-corrected chi connectivity index (χ3v) is 5.57. The molecule has 0 aliphatic heterocycles. The lowest BCUT2D eigenvalue weighted by atomic mass is 10.0. The van der Waals surface area contributed by atoms with E-state index in [4.69, 9.17) is 4.74 Å². The van der Waals surface area contributed by atoms with E-state index in [1.165, 1.54) is 28.8 Å². The van der Waals surface area contributed by atoms with Gasteiger partial charge in [0.25, 0.3) is 0 Å². The monoisotopic (exact) mass is 475 g/mol. The largest absolute Gasteiger partial charge is 0.383 e. The summed E-state index contributed by atoms with van der Waals surface area (Å²) in [7, 11) is 1.52. The third kappa shape index (κ3) is 5.36. The predicted molar refractivity (Wildman–Crippen MR) is 130 cm³/mol. The smallest absolute Gasteiger partial charge is 0.249 e. The van der Waals surface area contributed by atoms with Gasteiger partial charge in [-0.1, -0.05) is 47.7 Å². The van der Waals surface area contributed by atoms with Crippen LogP contribution in [-0.4, -0.2) is 47.1 Å². The van der Waals surface area contributed by atoms with Gasteiger partial charge in [0.1, 0.15) is 23.9 Å². The van der Waals surface area contributed by atoms with E-state index in [-0.39, 0.29) is 25.3 Å². The molecule has 8 nitrogen and oxygen atoms in total. The number of anilines is 1. The molecular formula is C26H26FN5O3. The Morgan fingerprint density at radius 2 is 1.86 bits per heavy atom. The number of hydrogen-bond acceptors (Lipinski definition) is 5. The van der Waals surface area contributed by atoms with E-state index in [1.54, 1.807) is 36.4 Å². The second-order valence-corrected chi connectivity index (χ2v) is 8.05. The molecule has 0 saturated heterocycles. The van der Waals surface area contributed by atoms with Gasteiger partial charge in [0.15, 0.2) is 0 Å². The van der Waals surface area contributed by atoms with Gasteiger partial charge in [0, 0.05) is 24.9 Å². The number of methoxy groups -OCH3 is 1. The SMILES string of the molecule is COCCNC(=O)[C@@H](c1ccccc1F)N(C(=O)Cn1nnc2ccccc21)c1cccc(C)c1. The number of amides is 2. The highest BCUT2D eigenvalue weighted by molar-refractivity contribution is 6.01. The summed E-state index contributed by atoms with van der Waals surface area (Å²) in [6.45, 7) is 2.18. The standard InChI is InChI=1S/C26H26FN5O3/c1-18-8-7-9-19(16-18)32(24(33)17-31-23-13-6-5-12-22(23)29-30-31)25(26(34)28-14-15-35-2)20-10-3-4-11-21(20)27/h3-13,16,25H,14-15,17H2,1-2H3,(H,28,34)/t25-/m1/s1. The number of benzene rings is 3. The Kier molecular flexibility index (Phi) is 7.47. The number of carbonyl (C=O) groups excluding carboxylic acids is 2. The van der Waals surface area contributed by atoms with Crippen molar-refractivity contribution in [3.63, 3.8) is 0 Å². The molecule has 0 aliphatic rings. The van der Waals surface area contributed by atoms with E-state index in [9.17, 15) is 9.59 Å². The van der Waals surface area contributed by atoms with Crippen LogP contribution in [0.5, 0.6) is 0 Å². The van der Waals surface area contributed by atoms with Crippen LogP contribution in [0.2, 0.25) is 0 Å². The van der Waals surface area contributed by atoms with Crippen LogP contribution in [0.15, 0.2) is 72.8 Å². The summed E-state index contributed by atoms with van der Waals surface area (Å²) in [6, 6.07) is 19.2. The maximum Gasteiger partial charge on any atom is 0.249 e. The fourth-order valence-corrected chi connectivity index (χ4v) is 3.92. The molecule has 0 aliphatic carbocycles. The molecule has 0 unspecified atom stereocenters. The highest BCUT2D eigenvalue weighted by atomic mass is 19.1. The number of para-hydroxylation sites is 1. The zero-order chi connectivity index (χ0) is 24.8. The molecule has 1 heterocycles. The Labute approximate surface area is 202 Å². The Bertz CT molecular complexity index is 1340. The minimum atomic E-state index is -1.25.